The monoisotopic (exact) mass is 255 g/mol. The smallest absolute Gasteiger partial charge is 0.118 e. The number of hydrogen-bond acceptors (Lipinski definition) is 3. The normalized spacial score (nSPS) is 12.5. The molecule has 0 saturated heterocycles. The zero-order chi connectivity index (χ0) is 13.9. The van der Waals surface area contributed by atoms with Crippen LogP contribution >= 0.6 is 0 Å². The predicted molar refractivity (Wildman–Crippen MR) is 76.5 cm³/mol. The SMILES string of the molecule is CC(C)(O)/C(=N/O)c1ccc(-c2ccccc2)cc1. The van der Waals surface area contributed by atoms with Crippen LogP contribution < -0.4 is 0 Å². The third-order valence-corrected chi connectivity index (χ3v) is 2.94. The molecule has 19 heavy (non-hydrogen) atoms. The number of rotatable bonds is 3. The van der Waals surface area contributed by atoms with Gasteiger partial charge in [-0.25, -0.2) is 0 Å². The van der Waals surface area contributed by atoms with Crippen molar-refractivity contribution in [3.05, 3.63) is 60.2 Å². The molecule has 0 saturated carbocycles. The van der Waals surface area contributed by atoms with Crippen molar-refractivity contribution in [3.8, 4) is 11.1 Å². The van der Waals surface area contributed by atoms with E-state index in [1.807, 2.05) is 54.6 Å². The van der Waals surface area contributed by atoms with E-state index in [-0.39, 0.29) is 5.71 Å². The molecule has 2 aromatic rings. The lowest BCUT2D eigenvalue weighted by Crippen LogP contribution is -2.32. The van der Waals surface area contributed by atoms with Gasteiger partial charge in [-0.1, -0.05) is 59.8 Å². The maximum absolute atomic E-state index is 9.93. The number of benzene rings is 2. The molecule has 0 amide bonds. The molecule has 3 nitrogen and oxygen atoms in total. The summed E-state index contributed by atoms with van der Waals surface area (Å²) in [5, 5.41) is 22.2. The molecular formula is C16H17NO2. The Hall–Kier alpha value is -2.13. The molecule has 3 heteroatoms. The number of aliphatic hydroxyl groups is 1. The van der Waals surface area contributed by atoms with Gasteiger partial charge in [-0.2, -0.15) is 0 Å². The molecule has 0 radical (unpaired) electrons. The Morgan fingerprint density at radius 2 is 1.42 bits per heavy atom. The zero-order valence-electron chi connectivity index (χ0n) is 11.0. The summed E-state index contributed by atoms with van der Waals surface area (Å²) in [6, 6.07) is 17.6. The third kappa shape index (κ3) is 3.01. The number of nitrogens with zero attached hydrogens (tertiary/aromatic N) is 1. The molecule has 0 fully saturated rings. The molecule has 2 aromatic carbocycles. The van der Waals surface area contributed by atoms with E-state index in [1.165, 1.54) is 0 Å². The van der Waals surface area contributed by atoms with Crippen molar-refractivity contribution >= 4 is 5.71 Å². The highest BCUT2D eigenvalue weighted by atomic mass is 16.4. The number of hydrogen-bond donors (Lipinski definition) is 2. The van der Waals surface area contributed by atoms with Crippen LogP contribution in [-0.4, -0.2) is 21.6 Å². The van der Waals surface area contributed by atoms with E-state index in [2.05, 4.69) is 5.16 Å². The highest BCUT2D eigenvalue weighted by molar-refractivity contribution is 6.05. The lowest BCUT2D eigenvalue weighted by molar-refractivity contribution is 0.148. The van der Waals surface area contributed by atoms with Gasteiger partial charge in [0.05, 0.1) is 0 Å². The minimum absolute atomic E-state index is 0.257. The van der Waals surface area contributed by atoms with E-state index >= 15 is 0 Å². The van der Waals surface area contributed by atoms with Crippen molar-refractivity contribution in [2.75, 3.05) is 0 Å². The summed E-state index contributed by atoms with van der Waals surface area (Å²) in [5.74, 6) is 0. The second-order valence-corrected chi connectivity index (χ2v) is 4.95. The van der Waals surface area contributed by atoms with E-state index in [1.54, 1.807) is 13.8 Å². The van der Waals surface area contributed by atoms with E-state index < -0.39 is 5.60 Å². The molecule has 0 aromatic heterocycles. The molecule has 0 atom stereocenters. The van der Waals surface area contributed by atoms with Gasteiger partial charge in [-0.15, -0.1) is 0 Å². The Morgan fingerprint density at radius 3 is 1.89 bits per heavy atom. The average molecular weight is 255 g/mol. The van der Waals surface area contributed by atoms with E-state index in [9.17, 15) is 5.11 Å². The summed E-state index contributed by atoms with van der Waals surface area (Å²) in [6.45, 7) is 3.18. The van der Waals surface area contributed by atoms with Gasteiger partial charge in [-0.3, -0.25) is 0 Å². The molecule has 0 spiro atoms. The first kappa shape index (κ1) is 13.3. The zero-order valence-corrected chi connectivity index (χ0v) is 11.0. The second-order valence-electron chi connectivity index (χ2n) is 4.95. The maximum atomic E-state index is 9.93. The molecule has 2 rings (SSSR count). The van der Waals surface area contributed by atoms with Crippen molar-refractivity contribution in [2.45, 2.75) is 19.4 Å². The molecule has 0 bridgehead atoms. The Labute approximate surface area is 112 Å². The first-order valence-electron chi connectivity index (χ1n) is 6.13. The van der Waals surface area contributed by atoms with Crippen LogP contribution in [-0.2, 0) is 0 Å². The summed E-state index contributed by atoms with van der Waals surface area (Å²) in [4.78, 5) is 0. The highest BCUT2D eigenvalue weighted by Gasteiger charge is 2.23. The van der Waals surface area contributed by atoms with Crippen LogP contribution in [0.3, 0.4) is 0 Å². The molecule has 0 unspecified atom stereocenters. The van der Waals surface area contributed by atoms with Gasteiger partial charge in [0, 0.05) is 5.56 Å². The fourth-order valence-corrected chi connectivity index (χ4v) is 1.98. The summed E-state index contributed by atoms with van der Waals surface area (Å²) >= 11 is 0. The van der Waals surface area contributed by atoms with Gasteiger partial charge >= 0.3 is 0 Å². The molecule has 2 N–H and O–H groups in total. The van der Waals surface area contributed by atoms with Gasteiger partial charge in [0.15, 0.2) is 0 Å². The fraction of sp³-hybridized carbons (Fsp3) is 0.188. The Bertz CT molecular complexity index is 566. The third-order valence-electron chi connectivity index (χ3n) is 2.94. The standard InChI is InChI=1S/C16H17NO2/c1-16(2,18)15(17-19)14-10-8-13(9-11-14)12-6-4-3-5-7-12/h3-11,18-19H,1-2H3/b17-15+. The molecular weight excluding hydrogens is 238 g/mol. The van der Waals surface area contributed by atoms with Crippen LogP contribution in [0.1, 0.15) is 19.4 Å². The van der Waals surface area contributed by atoms with Crippen molar-refractivity contribution in [1.29, 1.82) is 0 Å². The van der Waals surface area contributed by atoms with Crippen molar-refractivity contribution in [2.24, 2.45) is 5.16 Å². The predicted octanol–water partition coefficient (Wildman–Crippen LogP) is 3.30. The molecule has 98 valence electrons. The van der Waals surface area contributed by atoms with E-state index in [0.717, 1.165) is 11.1 Å². The number of oxime groups is 1. The molecule has 0 heterocycles. The van der Waals surface area contributed by atoms with E-state index in [0.29, 0.717) is 5.56 Å². The largest absolute Gasteiger partial charge is 0.411 e. The van der Waals surface area contributed by atoms with Gasteiger partial charge < -0.3 is 10.3 Å². The lowest BCUT2D eigenvalue weighted by Gasteiger charge is -2.19. The Morgan fingerprint density at radius 1 is 0.895 bits per heavy atom. The van der Waals surface area contributed by atoms with Crippen molar-refractivity contribution in [3.63, 3.8) is 0 Å². The molecule has 0 aliphatic rings. The summed E-state index contributed by atoms with van der Waals surface area (Å²) < 4.78 is 0. The maximum Gasteiger partial charge on any atom is 0.118 e. The summed E-state index contributed by atoms with van der Waals surface area (Å²) in [7, 11) is 0. The summed E-state index contributed by atoms with van der Waals surface area (Å²) in [5.41, 5.74) is 1.99. The van der Waals surface area contributed by atoms with Crippen LogP contribution in [0.5, 0.6) is 0 Å². The first-order valence-corrected chi connectivity index (χ1v) is 6.13. The minimum atomic E-state index is -1.18. The van der Waals surface area contributed by atoms with Crippen LogP contribution in [0.25, 0.3) is 11.1 Å². The van der Waals surface area contributed by atoms with Gasteiger partial charge in [0.2, 0.25) is 0 Å². The topological polar surface area (TPSA) is 52.8 Å². The lowest BCUT2D eigenvalue weighted by atomic mass is 9.94. The highest BCUT2D eigenvalue weighted by Crippen LogP contribution is 2.21. The van der Waals surface area contributed by atoms with Gasteiger partial charge in [-0.05, 0) is 25.0 Å². The van der Waals surface area contributed by atoms with Gasteiger partial charge in [0.1, 0.15) is 11.3 Å². The Balaban J connectivity index is 2.34. The molecule has 0 aliphatic heterocycles. The average Bonchev–Trinajstić information content (AvgIpc) is 2.40. The summed E-state index contributed by atoms with van der Waals surface area (Å²) in [6.07, 6.45) is 0. The Kier molecular flexibility index (Phi) is 3.67. The van der Waals surface area contributed by atoms with Crippen molar-refractivity contribution in [1.82, 2.24) is 0 Å². The van der Waals surface area contributed by atoms with Crippen LogP contribution in [0.4, 0.5) is 0 Å². The van der Waals surface area contributed by atoms with Crippen LogP contribution in [0.2, 0.25) is 0 Å². The van der Waals surface area contributed by atoms with E-state index in [4.69, 9.17) is 5.21 Å². The van der Waals surface area contributed by atoms with Gasteiger partial charge in [0.25, 0.3) is 0 Å². The fourth-order valence-electron chi connectivity index (χ4n) is 1.98. The second kappa shape index (κ2) is 5.24. The molecule has 0 aliphatic carbocycles. The van der Waals surface area contributed by atoms with Crippen LogP contribution in [0.15, 0.2) is 59.8 Å². The first-order chi connectivity index (χ1) is 9.02. The quantitative estimate of drug-likeness (QED) is 0.502. The van der Waals surface area contributed by atoms with Crippen molar-refractivity contribution < 1.29 is 10.3 Å². The van der Waals surface area contributed by atoms with Crippen LogP contribution in [0, 0.1) is 0 Å². The minimum Gasteiger partial charge on any atom is -0.411 e.